The van der Waals surface area contributed by atoms with Crippen LogP contribution in [0.1, 0.15) is 70.8 Å². The average Bonchev–Trinajstić information content (AvgIpc) is 3.51. The molecule has 160 valence electrons. The van der Waals surface area contributed by atoms with E-state index >= 15 is 0 Å². The number of nitrogens with zero attached hydrogens (tertiary/aromatic N) is 2. The highest BCUT2D eigenvalue weighted by Crippen LogP contribution is 2.40. The van der Waals surface area contributed by atoms with E-state index in [9.17, 15) is 19.2 Å². The molecule has 3 aliphatic rings. The fourth-order valence-electron chi connectivity index (χ4n) is 5.00. The van der Waals surface area contributed by atoms with Gasteiger partial charge in [0.05, 0.1) is 23.4 Å². The maximum absolute atomic E-state index is 13.3. The van der Waals surface area contributed by atoms with Crippen LogP contribution in [-0.2, 0) is 9.59 Å². The zero-order valence-electron chi connectivity index (χ0n) is 16.9. The number of hydrogen-bond acceptors (Lipinski definition) is 6. The van der Waals surface area contributed by atoms with Crippen LogP contribution >= 0.6 is 0 Å². The fourth-order valence-corrected chi connectivity index (χ4v) is 5.00. The predicted molar refractivity (Wildman–Crippen MR) is 110 cm³/mol. The molecular formula is C22H23N5O4. The first kappa shape index (κ1) is 19.5. The largest absolute Gasteiger partial charge is 0.377 e. The monoisotopic (exact) mass is 421 g/mol. The quantitative estimate of drug-likeness (QED) is 0.636. The Hall–Kier alpha value is -3.49. The van der Waals surface area contributed by atoms with E-state index in [1.807, 2.05) is 6.20 Å². The Bertz CT molecular complexity index is 1060. The van der Waals surface area contributed by atoms with Crippen LogP contribution in [0.3, 0.4) is 0 Å². The number of anilines is 1. The van der Waals surface area contributed by atoms with Gasteiger partial charge < -0.3 is 5.32 Å². The molecule has 5 rings (SSSR count). The molecule has 3 N–H and O–H groups in total. The third-order valence-electron chi connectivity index (χ3n) is 6.53. The van der Waals surface area contributed by atoms with Crippen molar-refractivity contribution in [2.75, 3.05) is 5.32 Å². The Labute approximate surface area is 178 Å². The lowest BCUT2D eigenvalue weighted by Gasteiger charge is -2.28. The Morgan fingerprint density at radius 3 is 2.58 bits per heavy atom. The van der Waals surface area contributed by atoms with E-state index in [0.717, 1.165) is 36.1 Å². The minimum absolute atomic E-state index is 0.0414. The number of carbonyl (C=O) groups excluding carboxylic acids is 4. The number of H-pyrrole nitrogens is 1. The van der Waals surface area contributed by atoms with Gasteiger partial charge in [0, 0.05) is 23.9 Å². The van der Waals surface area contributed by atoms with Gasteiger partial charge in [-0.05, 0) is 37.3 Å². The molecule has 0 spiro atoms. The number of nitrogens with one attached hydrogen (secondary N) is 3. The van der Waals surface area contributed by atoms with Crippen LogP contribution in [-0.4, -0.2) is 44.8 Å². The van der Waals surface area contributed by atoms with Gasteiger partial charge in [0.15, 0.2) is 0 Å². The molecule has 9 nitrogen and oxygen atoms in total. The smallest absolute Gasteiger partial charge is 0.264 e. The molecule has 0 bridgehead atoms. The van der Waals surface area contributed by atoms with Crippen molar-refractivity contribution in [3.8, 4) is 0 Å². The van der Waals surface area contributed by atoms with Crippen LogP contribution in [0, 0.1) is 5.92 Å². The number of piperidine rings is 1. The van der Waals surface area contributed by atoms with Gasteiger partial charge >= 0.3 is 0 Å². The van der Waals surface area contributed by atoms with E-state index in [0.29, 0.717) is 11.6 Å². The van der Waals surface area contributed by atoms with Crippen molar-refractivity contribution in [1.29, 1.82) is 0 Å². The maximum Gasteiger partial charge on any atom is 0.264 e. The van der Waals surface area contributed by atoms with E-state index in [2.05, 4.69) is 20.8 Å². The maximum atomic E-state index is 13.3. The van der Waals surface area contributed by atoms with Crippen molar-refractivity contribution in [3.63, 3.8) is 0 Å². The van der Waals surface area contributed by atoms with Gasteiger partial charge in [0.2, 0.25) is 11.8 Å². The molecule has 1 saturated heterocycles. The first-order valence-corrected chi connectivity index (χ1v) is 10.6. The minimum Gasteiger partial charge on any atom is -0.377 e. The summed E-state index contributed by atoms with van der Waals surface area (Å²) in [5.74, 6) is -1.61. The van der Waals surface area contributed by atoms with Crippen molar-refractivity contribution < 1.29 is 19.2 Å². The normalized spacial score (nSPS) is 22.6. The summed E-state index contributed by atoms with van der Waals surface area (Å²) in [6, 6.07) is 4.12. The molecule has 2 aromatic rings. The van der Waals surface area contributed by atoms with E-state index < -0.39 is 23.8 Å². The van der Waals surface area contributed by atoms with E-state index in [4.69, 9.17) is 0 Å². The summed E-state index contributed by atoms with van der Waals surface area (Å²) < 4.78 is 0. The van der Waals surface area contributed by atoms with Gasteiger partial charge in [-0.3, -0.25) is 34.5 Å². The summed E-state index contributed by atoms with van der Waals surface area (Å²) in [6.45, 7) is 0. The van der Waals surface area contributed by atoms with Gasteiger partial charge in [0.25, 0.3) is 11.8 Å². The van der Waals surface area contributed by atoms with Crippen molar-refractivity contribution in [1.82, 2.24) is 20.4 Å². The Balaban J connectivity index is 1.48. The minimum atomic E-state index is -0.975. The second-order valence-electron chi connectivity index (χ2n) is 8.37. The van der Waals surface area contributed by atoms with Crippen LogP contribution < -0.4 is 10.6 Å². The lowest BCUT2D eigenvalue weighted by molar-refractivity contribution is -0.136. The molecule has 1 aromatic heterocycles. The summed E-state index contributed by atoms with van der Waals surface area (Å²) in [7, 11) is 0. The van der Waals surface area contributed by atoms with E-state index in [1.165, 1.54) is 0 Å². The number of amides is 4. The highest BCUT2D eigenvalue weighted by Gasteiger charge is 2.46. The molecule has 2 unspecified atom stereocenters. The number of hydrogen-bond donors (Lipinski definition) is 3. The Morgan fingerprint density at radius 1 is 1.06 bits per heavy atom. The first-order valence-electron chi connectivity index (χ1n) is 10.6. The lowest BCUT2D eigenvalue weighted by Crippen LogP contribution is -2.54. The number of fused-ring (bicyclic) bond motifs is 1. The zero-order chi connectivity index (χ0) is 21.5. The van der Waals surface area contributed by atoms with Gasteiger partial charge in [-0.15, -0.1) is 0 Å². The molecule has 31 heavy (non-hydrogen) atoms. The molecule has 4 amide bonds. The molecule has 2 aliphatic heterocycles. The molecule has 3 heterocycles. The Kier molecular flexibility index (Phi) is 4.80. The SMILES string of the molecule is O=C1CCC(N2C(=O)c3cccc(NC(c4cn[nH]c4)C4CCCC4)c3C2=O)C(=O)N1. The standard InChI is InChI=1S/C22H23N5O4/c28-17-9-8-16(20(29)26-17)27-21(30)14-6-3-7-15(18(14)22(27)31)25-19(12-4-1-2-5-12)13-10-23-24-11-13/h3,6-7,10-12,16,19,25H,1-2,4-5,8-9H2,(H,23,24)(H,26,28,29). The molecule has 2 fully saturated rings. The van der Waals surface area contributed by atoms with Crippen LogP contribution in [0.2, 0.25) is 0 Å². The third-order valence-corrected chi connectivity index (χ3v) is 6.53. The molecule has 1 aliphatic carbocycles. The highest BCUT2D eigenvalue weighted by molar-refractivity contribution is 6.25. The number of aromatic amines is 1. The number of aromatic nitrogens is 2. The summed E-state index contributed by atoms with van der Waals surface area (Å²) in [5, 5.41) is 12.7. The molecular weight excluding hydrogens is 398 g/mol. The summed E-state index contributed by atoms with van der Waals surface area (Å²) in [6.07, 6.45) is 8.34. The first-order chi connectivity index (χ1) is 15.0. The second-order valence-corrected chi connectivity index (χ2v) is 8.37. The summed E-state index contributed by atoms with van der Waals surface area (Å²) in [5.41, 5.74) is 2.13. The Morgan fingerprint density at radius 2 is 1.87 bits per heavy atom. The van der Waals surface area contributed by atoms with Crippen LogP contribution in [0.15, 0.2) is 30.6 Å². The average molecular weight is 421 g/mol. The lowest BCUT2D eigenvalue weighted by atomic mass is 9.92. The van der Waals surface area contributed by atoms with Gasteiger partial charge in [-0.1, -0.05) is 18.9 Å². The summed E-state index contributed by atoms with van der Waals surface area (Å²) in [4.78, 5) is 51.2. The molecule has 1 saturated carbocycles. The van der Waals surface area contributed by atoms with Crippen LogP contribution in [0.5, 0.6) is 0 Å². The van der Waals surface area contributed by atoms with Crippen molar-refractivity contribution in [3.05, 3.63) is 47.3 Å². The number of benzene rings is 1. The van der Waals surface area contributed by atoms with Crippen molar-refractivity contribution in [2.24, 2.45) is 5.92 Å². The predicted octanol–water partition coefficient (Wildman–Crippen LogP) is 2.15. The van der Waals surface area contributed by atoms with Crippen molar-refractivity contribution in [2.45, 2.75) is 50.6 Å². The number of imide groups is 2. The highest BCUT2D eigenvalue weighted by atomic mass is 16.2. The molecule has 1 aromatic carbocycles. The second kappa shape index (κ2) is 7.64. The fraction of sp³-hybridized carbons (Fsp3) is 0.409. The zero-order valence-corrected chi connectivity index (χ0v) is 16.9. The van der Waals surface area contributed by atoms with Gasteiger partial charge in [0.1, 0.15) is 6.04 Å². The molecule has 0 radical (unpaired) electrons. The van der Waals surface area contributed by atoms with Gasteiger partial charge in [-0.2, -0.15) is 5.10 Å². The summed E-state index contributed by atoms with van der Waals surface area (Å²) >= 11 is 0. The molecule has 2 atom stereocenters. The van der Waals surface area contributed by atoms with Gasteiger partial charge in [-0.25, -0.2) is 0 Å². The van der Waals surface area contributed by atoms with Crippen molar-refractivity contribution >= 4 is 29.3 Å². The van der Waals surface area contributed by atoms with Crippen LogP contribution in [0.4, 0.5) is 5.69 Å². The number of carbonyl (C=O) groups is 4. The third kappa shape index (κ3) is 3.30. The van der Waals surface area contributed by atoms with Crippen LogP contribution in [0.25, 0.3) is 0 Å². The number of rotatable bonds is 5. The van der Waals surface area contributed by atoms with E-state index in [-0.39, 0.29) is 35.9 Å². The van der Waals surface area contributed by atoms with E-state index in [1.54, 1.807) is 24.4 Å². The molecule has 9 heteroatoms. The topological polar surface area (TPSA) is 124 Å².